The summed E-state index contributed by atoms with van der Waals surface area (Å²) in [6.07, 6.45) is 0.633. The predicted octanol–water partition coefficient (Wildman–Crippen LogP) is 2.24. The molecule has 1 aromatic carbocycles. The molecule has 92 valence electrons. The lowest BCUT2D eigenvalue weighted by atomic mass is 9.98. The molecule has 2 N–H and O–H groups in total. The Kier molecular flexibility index (Phi) is 4.18. The van der Waals surface area contributed by atoms with Crippen LogP contribution in [-0.4, -0.2) is 19.0 Å². The molecule has 1 heterocycles. The monoisotopic (exact) mass is 296 g/mol. The van der Waals surface area contributed by atoms with Gasteiger partial charge in [0.05, 0.1) is 6.04 Å². The fourth-order valence-electron chi connectivity index (χ4n) is 1.89. The second-order valence-electron chi connectivity index (χ2n) is 4.57. The minimum atomic E-state index is 0.0728. The third-order valence-corrected chi connectivity index (χ3v) is 3.62. The van der Waals surface area contributed by atoms with Crippen LogP contribution >= 0.6 is 15.9 Å². The molecule has 4 heteroatoms. The Morgan fingerprint density at radius 3 is 2.65 bits per heavy atom. The van der Waals surface area contributed by atoms with Crippen molar-refractivity contribution in [3.63, 3.8) is 0 Å². The molecule has 1 aliphatic heterocycles. The number of rotatable bonds is 4. The van der Waals surface area contributed by atoms with Crippen molar-refractivity contribution >= 4 is 21.8 Å². The van der Waals surface area contributed by atoms with Gasteiger partial charge in [0.15, 0.2) is 0 Å². The number of halogens is 1. The third kappa shape index (κ3) is 3.54. The topological polar surface area (TPSA) is 41.1 Å². The molecule has 0 saturated carbocycles. The van der Waals surface area contributed by atoms with Crippen molar-refractivity contribution in [2.24, 2.45) is 5.92 Å². The van der Waals surface area contributed by atoms with Crippen molar-refractivity contribution in [3.8, 4) is 0 Å². The van der Waals surface area contributed by atoms with Gasteiger partial charge in [-0.3, -0.25) is 4.79 Å². The maximum atomic E-state index is 11.7. The van der Waals surface area contributed by atoms with E-state index in [0.29, 0.717) is 12.3 Å². The van der Waals surface area contributed by atoms with Crippen molar-refractivity contribution in [1.82, 2.24) is 10.6 Å². The Morgan fingerprint density at radius 1 is 1.47 bits per heavy atom. The van der Waals surface area contributed by atoms with Crippen molar-refractivity contribution in [2.75, 3.05) is 13.1 Å². The first-order valence-electron chi connectivity index (χ1n) is 5.90. The van der Waals surface area contributed by atoms with Crippen LogP contribution in [0, 0.1) is 5.92 Å². The molecule has 1 saturated heterocycles. The molecule has 0 aromatic heterocycles. The third-order valence-electron chi connectivity index (χ3n) is 3.09. The largest absolute Gasteiger partial charge is 0.350 e. The van der Waals surface area contributed by atoms with Crippen molar-refractivity contribution in [3.05, 3.63) is 34.3 Å². The van der Waals surface area contributed by atoms with Gasteiger partial charge >= 0.3 is 0 Å². The van der Waals surface area contributed by atoms with E-state index in [1.807, 2.05) is 31.2 Å². The minimum Gasteiger partial charge on any atom is -0.350 e. The fourth-order valence-corrected chi connectivity index (χ4v) is 2.15. The second kappa shape index (κ2) is 5.65. The molecular weight excluding hydrogens is 280 g/mol. The quantitative estimate of drug-likeness (QED) is 0.895. The van der Waals surface area contributed by atoms with Gasteiger partial charge in [-0.25, -0.2) is 0 Å². The summed E-state index contributed by atoms with van der Waals surface area (Å²) < 4.78 is 1.06. The Morgan fingerprint density at radius 2 is 2.12 bits per heavy atom. The molecule has 1 aromatic rings. The zero-order valence-electron chi connectivity index (χ0n) is 9.87. The zero-order chi connectivity index (χ0) is 12.3. The molecule has 1 atom stereocenters. The van der Waals surface area contributed by atoms with E-state index in [4.69, 9.17) is 0 Å². The highest BCUT2D eigenvalue weighted by Gasteiger charge is 2.20. The molecular formula is C13H17BrN2O. The van der Waals surface area contributed by atoms with Crippen molar-refractivity contribution < 1.29 is 4.79 Å². The molecule has 0 spiro atoms. The first-order chi connectivity index (χ1) is 8.15. The molecule has 0 aliphatic carbocycles. The summed E-state index contributed by atoms with van der Waals surface area (Å²) in [4.78, 5) is 11.7. The number of hydrogen-bond donors (Lipinski definition) is 2. The molecule has 17 heavy (non-hydrogen) atoms. The van der Waals surface area contributed by atoms with Crippen LogP contribution < -0.4 is 10.6 Å². The summed E-state index contributed by atoms with van der Waals surface area (Å²) in [6.45, 7) is 3.96. The number of amides is 1. The molecule has 0 bridgehead atoms. The summed E-state index contributed by atoms with van der Waals surface area (Å²) >= 11 is 3.40. The molecule has 0 unspecified atom stereocenters. The maximum absolute atomic E-state index is 11.7. The van der Waals surface area contributed by atoms with E-state index < -0.39 is 0 Å². The fraction of sp³-hybridized carbons (Fsp3) is 0.462. The summed E-state index contributed by atoms with van der Waals surface area (Å²) in [7, 11) is 0. The van der Waals surface area contributed by atoms with Crippen LogP contribution in [-0.2, 0) is 4.79 Å². The van der Waals surface area contributed by atoms with Gasteiger partial charge in [0.25, 0.3) is 0 Å². The SMILES string of the molecule is C[C@@H](NC(=O)CC1CNC1)c1ccc(Br)cc1. The first-order valence-corrected chi connectivity index (χ1v) is 6.70. The van der Waals surface area contributed by atoms with Gasteiger partial charge in [-0.15, -0.1) is 0 Å². The Hall–Kier alpha value is -0.870. The van der Waals surface area contributed by atoms with Gasteiger partial charge in [-0.1, -0.05) is 28.1 Å². The standard InChI is InChI=1S/C13H17BrN2O/c1-9(11-2-4-12(14)5-3-11)16-13(17)6-10-7-15-8-10/h2-5,9-10,15H,6-8H2,1H3,(H,16,17)/t9-/m1/s1. The molecule has 1 fully saturated rings. The second-order valence-corrected chi connectivity index (χ2v) is 5.48. The maximum Gasteiger partial charge on any atom is 0.220 e. The van der Waals surface area contributed by atoms with E-state index in [-0.39, 0.29) is 11.9 Å². The van der Waals surface area contributed by atoms with Gasteiger partial charge in [0, 0.05) is 10.9 Å². The summed E-state index contributed by atoms with van der Waals surface area (Å²) in [5, 5.41) is 6.21. The van der Waals surface area contributed by atoms with E-state index in [1.165, 1.54) is 0 Å². The van der Waals surface area contributed by atoms with Gasteiger partial charge in [0.2, 0.25) is 5.91 Å². The van der Waals surface area contributed by atoms with Gasteiger partial charge < -0.3 is 10.6 Å². The molecule has 1 amide bonds. The highest BCUT2D eigenvalue weighted by Crippen LogP contribution is 2.17. The molecule has 2 rings (SSSR count). The Balaban J connectivity index is 1.84. The van der Waals surface area contributed by atoms with Crippen LogP contribution in [0.2, 0.25) is 0 Å². The van der Waals surface area contributed by atoms with E-state index in [9.17, 15) is 4.79 Å². The lowest BCUT2D eigenvalue weighted by Gasteiger charge is -2.27. The van der Waals surface area contributed by atoms with E-state index in [2.05, 4.69) is 26.6 Å². The van der Waals surface area contributed by atoms with E-state index in [1.54, 1.807) is 0 Å². The summed E-state index contributed by atoms with van der Waals surface area (Å²) in [5.74, 6) is 0.666. The minimum absolute atomic E-state index is 0.0728. The van der Waals surface area contributed by atoms with Crippen molar-refractivity contribution in [1.29, 1.82) is 0 Å². The number of benzene rings is 1. The Bertz CT molecular complexity index is 387. The van der Waals surface area contributed by atoms with Crippen LogP contribution in [0.15, 0.2) is 28.7 Å². The summed E-state index contributed by atoms with van der Waals surface area (Å²) in [6, 6.07) is 8.12. The van der Waals surface area contributed by atoms with Crippen LogP contribution in [0.25, 0.3) is 0 Å². The molecule has 3 nitrogen and oxygen atoms in total. The predicted molar refractivity (Wildman–Crippen MR) is 71.7 cm³/mol. The van der Waals surface area contributed by atoms with Crippen LogP contribution in [0.1, 0.15) is 24.9 Å². The number of hydrogen-bond acceptors (Lipinski definition) is 2. The van der Waals surface area contributed by atoms with Crippen LogP contribution in [0.3, 0.4) is 0 Å². The smallest absolute Gasteiger partial charge is 0.220 e. The average Bonchev–Trinajstić information content (AvgIpc) is 2.24. The van der Waals surface area contributed by atoms with Gasteiger partial charge in [0.1, 0.15) is 0 Å². The molecule has 0 radical (unpaired) electrons. The average molecular weight is 297 g/mol. The first kappa shape index (κ1) is 12.6. The van der Waals surface area contributed by atoms with Crippen LogP contribution in [0.5, 0.6) is 0 Å². The normalized spacial score (nSPS) is 17.3. The van der Waals surface area contributed by atoms with Crippen molar-refractivity contribution in [2.45, 2.75) is 19.4 Å². The number of nitrogens with one attached hydrogen (secondary N) is 2. The van der Waals surface area contributed by atoms with Gasteiger partial charge in [-0.2, -0.15) is 0 Å². The Labute approximate surface area is 110 Å². The molecule has 1 aliphatic rings. The zero-order valence-corrected chi connectivity index (χ0v) is 11.5. The lowest BCUT2D eigenvalue weighted by molar-refractivity contribution is -0.123. The van der Waals surface area contributed by atoms with Gasteiger partial charge in [-0.05, 0) is 43.6 Å². The van der Waals surface area contributed by atoms with E-state index >= 15 is 0 Å². The van der Waals surface area contributed by atoms with E-state index in [0.717, 1.165) is 23.1 Å². The summed E-state index contributed by atoms with van der Waals surface area (Å²) in [5.41, 5.74) is 1.13. The van der Waals surface area contributed by atoms with Crippen LogP contribution in [0.4, 0.5) is 0 Å². The highest BCUT2D eigenvalue weighted by molar-refractivity contribution is 9.10. The number of carbonyl (C=O) groups is 1. The lowest BCUT2D eigenvalue weighted by Crippen LogP contribution is -2.44. The highest BCUT2D eigenvalue weighted by atomic mass is 79.9. The number of carbonyl (C=O) groups excluding carboxylic acids is 1.